The highest BCUT2D eigenvalue weighted by molar-refractivity contribution is 9.10. The van der Waals surface area contributed by atoms with Crippen molar-refractivity contribution in [2.24, 2.45) is 0 Å². The van der Waals surface area contributed by atoms with Crippen LogP contribution < -0.4 is 5.32 Å². The molecule has 0 aliphatic heterocycles. The van der Waals surface area contributed by atoms with E-state index in [9.17, 15) is 0 Å². The molecule has 0 spiro atoms. The standard InChI is InChI=1S/C16H16BrN5OS/c17-13-5-1-4-12(10-13)15-22-21-14(23-15)11-24-9-3-8-20-16-18-6-2-7-19-16/h1-2,4-7,10H,3,8-9,11H2,(H,18,19,20). The van der Waals surface area contributed by atoms with Gasteiger partial charge in [0.1, 0.15) is 0 Å². The molecule has 2 aromatic heterocycles. The lowest BCUT2D eigenvalue weighted by atomic mass is 10.2. The van der Waals surface area contributed by atoms with E-state index in [1.165, 1.54) is 0 Å². The summed E-state index contributed by atoms with van der Waals surface area (Å²) in [5.41, 5.74) is 0.917. The third-order valence-corrected chi connectivity index (χ3v) is 4.60. The molecule has 0 amide bonds. The van der Waals surface area contributed by atoms with Crippen molar-refractivity contribution < 1.29 is 4.42 Å². The van der Waals surface area contributed by atoms with Crippen molar-refractivity contribution in [1.82, 2.24) is 20.2 Å². The summed E-state index contributed by atoms with van der Waals surface area (Å²) in [7, 11) is 0. The molecule has 0 saturated heterocycles. The molecule has 3 rings (SSSR count). The summed E-state index contributed by atoms with van der Waals surface area (Å²) >= 11 is 5.21. The van der Waals surface area contributed by atoms with Crippen LogP contribution >= 0.6 is 27.7 Å². The van der Waals surface area contributed by atoms with Gasteiger partial charge in [-0.3, -0.25) is 0 Å². The van der Waals surface area contributed by atoms with Gasteiger partial charge in [-0.1, -0.05) is 22.0 Å². The summed E-state index contributed by atoms with van der Waals surface area (Å²) in [5, 5.41) is 11.4. The second kappa shape index (κ2) is 8.79. The molecule has 24 heavy (non-hydrogen) atoms. The number of rotatable bonds is 8. The zero-order valence-corrected chi connectivity index (χ0v) is 15.3. The van der Waals surface area contributed by atoms with E-state index < -0.39 is 0 Å². The summed E-state index contributed by atoms with van der Waals surface area (Å²) in [5.74, 6) is 3.57. The average Bonchev–Trinajstić information content (AvgIpc) is 3.08. The van der Waals surface area contributed by atoms with E-state index >= 15 is 0 Å². The van der Waals surface area contributed by atoms with Gasteiger partial charge < -0.3 is 9.73 Å². The first-order chi connectivity index (χ1) is 11.8. The number of halogens is 1. The molecule has 124 valence electrons. The van der Waals surface area contributed by atoms with E-state index in [1.54, 1.807) is 30.2 Å². The summed E-state index contributed by atoms with van der Waals surface area (Å²) in [6.07, 6.45) is 4.46. The first-order valence-corrected chi connectivity index (χ1v) is 9.43. The lowest BCUT2D eigenvalue weighted by Crippen LogP contribution is -2.05. The maximum absolute atomic E-state index is 5.70. The Balaban J connectivity index is 1.38. The number of nitrogens with one attached hydrogen (secondary N) is 1. The van der Waals surface area contributed by atoms with Crippen LogP contribution in [0.3, 0.4) is 0 Å². The predicted octanol–water partition coefficient (Wildman–Crippen LogP) is 4.02. The number of hydrogen-bond donors (Lipinski definition) is 1. The van der Waals surface area contributed by atoms with Gasteiger partial charge in [-0.25, -0.2) is 9.97 Å². The molecule has 0 radical (unpaired) electrons. The van der Waals surface area contributed by atoms with Gasteiger partial charge in [0.2, 0.25) is 17.7 Å². The molecule has 8 heteroatoms. The Hall–Kier alpha value is -1.93. The van der Waals surface area contributed by atoms with Crippen LogP contribution in [0.1, 0.15) is 12.3 Å². The quantitative estimate of drug-likeness (QED) is 0.566. The first kappa shape index (κ1) is 16.9. The number of nitrogens with zero attached hydrogens (tertiary/aromatic N) is 4. The molecule has 0 unspecified atom stereocenters. The predicted molar refractivity (Wildman–Crippen MR) is 98.7 cm³/mol. The minimum absolute atomic E-state index is 0.551. The maximum atomic E-state index is 5.70. The van der Waals surface area contributed by atoms with E-state index in [4.69, 9.17) is 4.42 Å². The topological polar surface area (TPSA) is 76.7 Å². The molecular formula is C16H16BrN5OS. The van der Waals surface area contributed by atoms with Crippen LogP contribution in [-0.2, 0) is 5.75 Å². The van der Waals surface area contributed by atoms with E-state index in [0.29, 0.717) is 23.5 Å². The minimum Gasteiger partial charge on any atom is -0.420 e. The SMILES string of the molecule is Brc1cccc(-c2nnc(CSCCCNc3ncccn3)o2)c1. The van der Waals surface area contributed by atoms with Crippen molar-refractivity contribution in [3.8, 4) is 11.5 Å². The van der Waals surface area contributed by atoms with Gasteiger partial charge >= 0.3 is 0 Å². The summed E-state index contributed by atoms with van der Waals surface area (Å²) in [6, 6.07) is 9.62. The Morgan fingerprint density at radius 3 is 2.83 bits per heavy atom. The molecule has 2 heterocycles. The second-order valence-corrected chi connectivity index (χ2v) is 6.94. The maximum Gasteiger partial charge on any atom is 0.247 e. The van der Waals surface area contributed by atoms with Gasteiger partial charge in [-0.15, -0.1) is 10.2 Å². The van der Waals surface area contributed by atoms with Crippen molar-refractivity contribution in [2.75, 3.05) is 17.6 Å². The molecular weight excluding hydrogens is 390 g/mol. The molecule has 0 saturated carbocycles. The minimum atomic E-state index is 0.551. The Kier molecular flexibility index (Phi) is 6.20. The molecule has 0 aliphatic carbocycles. The van der Waals surface area contributed by atoms with Gasteiger partial charge in [0.05, 0.1) is 5.75 Å². The molecule has 0 atom stereocenters. The van der Waals surface area contributed by atoms with E-state index in [0.717, 1.165) is 28.8 Å². The summed E-state index contributed by atoms with van der Waals surface area (Å²) in [4.78, 5) is 8.23. The largest absolute Gasteiger partial charge is 0.420 e. The highest BCUT2D eigenvalue weighted by Crippen LogP contribution is 2.23. The Bertz CT molecular complexity index is 768. The number of aromatic nitrogens is 4. The van der Waals surface area contributed by atoms with Crippen LogP contribution in [0, 0.1) is 0 Å². The molecule has 0 fully saturated rings. The zero-order valence-electron chi connectivity index (χ0n) is 12.9. The van der Waals surface area contributed by atoms with Crippen molar-refractivity contribution in [2.45, 2.75) is 12.2 Å². The fraction of sp³-hybridized carbons (Fsp3) is 0.250. The fourth-order valence-electron chi connectivity index (χ4n) is 1.97. The summed E-state index contributed by atoms with van der Waals surface area (Å²) in [6.45, 7) is 0.837. The van der Waals surface area contributed by atoms with Gasteiger partial charge in [0.25, 0.3) is 0 Å². The lowest BCUT2D eigenvalue weighted by Gasteiger charge is -2.03. The second-order valence-electron chi connectivity index (χ2n) is 4.92. The normalized spacial score (nSPS) is 10.7. The van der Waals surface area contributed by atoms with E-state index in [2.05, 4.69) is 41.4 Å². The van der Waals surface area contributed by atoms with Crippen LogP contribution in [0.15, 0.2) is 51.6 Å². The molecule has 0 aliphatic rings. The summed E-state index contributed by atoms with van der Waals surface area (Å²) < 4.78 is 6.69. The molecule has 1 N–H and O–H groups in total. The van der Waals surface area contributed by atoms with Gasteiger partial charge in [0.15, 0.2) is 0 Å². The van der Waals surface area contributed by atoms with Crippen molar-refractivity contribution in [3.63, 3.8) is 0 Å². The number of thioether (sulfide) groups is 1. The van der Waals surface area contributed by atoms with Gasteiger partial charge in [-0.2, -0.15) is 11.8 Å². The van der Waals surface area contributed by atoms with Crippen LogP contribution in [0.4, 0.5) is 5.95 Å². The first-order valence-electron chi connectivity index (χ1n) is 7.48. The monoisotopic (exact) mass is 405 g/mol. The van der Waals surface area contributed by atoms with Gasteiger partial charge in [-0.05, 0) is 36.4 Å². The molecule has 6 nitrogen and oxygen atoms in total. The average molecular weight is 406 g/mol. The van der Waals surface area contributed by atoms with E-state index in [-0.39, 0.29) is 0 Å². The van der Waals surface area contributed by atoms with Crippen molar-refractivity contribution in [3.05, 3.63) is 53.1 Å². The van der Waals surface area contributed by atoms with Crippen LogP contribution in [-0.4, -0.2) is 32.5 Å². The van der Waals surface area contributed by atoms with Crippen molar-refractivity contribution in [1.29, 1.82) is 0 Å². The Labute approximate surface area is 152 Å². The molecule has 3 aromatic rings. The number of benzene rings is 1. The smallest absolute Gasteiger partial charge is 0.247 e. The molecule has 1 aromatic carbocycles. The van der Waals surface area contributed by atoms with Crippen LogP contribution in [0.5, 0.6) is 0 Å². The van der Waals surface area contributed by atoms with E-state index in [1.807, 2.05) is 24.3 Å². The lowest BCUT2D eigenvalue weighted by molar-refractivity contribution is 0.528. The zero-order chi connectivity index (χ0) is 16.6. The highest BCUT2D eigenvalue weighted by Gasteiger charge is 2.08. The van der Waals surface area contributed by atoms with Crippen molar-refractivity contribution >= 4 is 33.6 Å². The van der Waals surface area contributed by atoms with Gasteiger partial charge in [0, 0.05) is 29.0 Å². The Morgan fingerprint density at radius 1 is 1.12 bits per heavy atom. The fourth-order valence-corrected chi connectivity index (χ4v) is 3.16. The number of anilines is 1. The third-order valence-electron chi connectivity index (χ3n) is 3.08. The third kappa shape index (κ3) is 5.04. The number of hydrogen-bond acceptors (Lipinski definition) is 7. The Morgan fingerprint density at radius 2 is 2.00 bits per heavy atom. The van der Waals surface area contributed by atoms with Crippen LogP contribution in [0.2, 0.25) is 0 Å². The highest BCUT2D eigenvalue weighted by atomic mass is 79.9. The molecule has 0 bridgehead atoms. The van der Waals surface area contributed by atoms with Crippen LogP contribution in [0.25, 0.3) is 11.5 Å².